The van der Waals surface area contributed by atoms with Crippen LogP contribution in [0, 0.1) is 0 Å². The number of morpholine rings is 1. The fourth-order valence-corrected chi connectivity index (χ4v) is 4.35. The average Bonchev–Trinajstić information content (AvgIpc) is 3.33. The first-order chi connectivity index (χ1) is 18.5. The Hall–Kier alpha value is -4.35. The Bertz CT molecular complexity index is 1460. The molecule has 4 heterocycles. The normalized spacial score (nSPS) is 13.8. The van der Waals surface area contributed by atoms with E-state index in [4.69, 9.17) is 9.47 Å². The van der Waals surface area contributed by atoms with Gasteiger partial charge in [-0.2, -0.15) is 5.10 Å². The summed E-state index contributed by atoms with van der Waals surface area (Å²) in [5.74, 6) is 0.120. The molecular formula is C27H29N7O4. The molecule has 0 radical (unpaired) electrons. The molecular weight excluding hydrogens is 486 g/mol. The molecule has 196 valence electrons. The van der Waals surface area contributed by atoms with Crippen LogP contribution in [0.1, 0.15) is 28.4 Å². The van der Waals surface area contributed by atoms with Gasteiger partial charge in [0.15, 0.2) is 11.5 Å². The van der Waals surface area contributed by atoms with Gasteiger partial charge in [-0.15, -0.1) is 0 Å². The lowest BCUT2D eigenvalue weighted by molar-refractivity contribution is -0.114. The summed E-state index contributed by atoms with van der Waals surface area (Å²) in [6.45, 7) is 5.86. The Morgan fingerprint density at radius 3 is 2.66 bits per heavy atom. The van der Waals surface area contributed by atoms with Gasteiger partial charge in [0.05, 0.1) is 32.2 Å². The highest BCUT2D eigenvalue weighted by Gasteiger charge is 2.18. The van der Waals surface area contributed by atoms with Gasteiger partial charge in [0.1, 0.15) is 5.56 Å². The molecule has 38 heavy (non-hydrogen) atoms. The number of benzene rings is 1. The van der Waals surface area contributed by atoms with Gasteiger partial charge >= 0.3 is 0 Å². The Kier molecular flexibility index (Phi) is 7.57. The molecule has 4 aromatic rings. The monoisotopic (exact) mass is 515 g/mol. The molecule has 0 bridgehead atoms. The molecule has 11 nitrogen and oxygen atoms in total. The predicted molar refractivity (Wildman–Crippen MR) is 141 cm³/mol. The van der Waals surface area contributed by atoms with Crippen molar-refractivity contribution in [2.75, 3.05) is 38.7 Å². The SMILES string of the molecule is COc1ncc(-c2ccc3nc(NC(C)=O)cn3n2)cc1C(=O)NCc1ccccc1CN1CCOCC1. The van der Waals surface area contributed by atoms with Gasteiger partial charge in [-0.25, -0.2) is 14.5 Å². The van der Waals surface area contributed by atoms with Gasteiger partial charge in [-0.05, 0) is 29.3 Å². The maximum absolute atomic E-state index is 13.3. The van der Waals surface area contributed by atoms with Gasteiger partial charge in [0.2, 0.25) is 11.8 Å². The number of hydrogen-bond donors (Lipinski definition) is 2. The molecule has 0 atom stereocenters. The van der Waals surface area contributed by atoms with Gasteiger partial charge in [0.25, 0.3) is 5.91 Å². The van der Waals surface area contributed by atoms with Crippen molar-refractivity contribution in [1.29, 1.82) is 0 Å². The summed E-state index contributed by atoms with van der Waals surface area (Å²) < 4.78 is 12.4. The molecule has 3 aromatic heterocycles. The number of carbonyl (C=O) groups excluding carboxylic acids is 2. The van der Waals surface area contributed by atoms with Crippen LogP contribution in [0.5, 0.6) is 5.88 Å². The number of nitrogens with zero attached hydrogens (tertiary/aromatic N) is 5. The summed E-state index contributed by atoms with van der Waals surface area (Å²) in [4.78, 5) is 35.6. The van der Waals surface area contributed by atoms with Crippen LogP contribution < -0.4 is 15.4 Å². The second-order valence-electron chi connectivity index (χ2n) is 8.95. The minimum Gasteiger partial charge on any atom is -0.480 e. The number of methoxy groups -OCH3 is 1. The zero-order valence-corrected chi connectivity index (χ0v) is 21.3. The second-order valence-corrected chi connectivity index (χ2v) is 8.95. The van der Waals surface area contributed by atoms with Crippen LogP contribution >= 0.6 is 0 Å². The van der Waals surface area contributed by atoms with E-state index in [1.807, 2.05) is 18.2 Å². The maximum Gasteiger partial charge on any atom is 0.257 e. The topological polar surface area (TPSA) is 123 Å². The second kappa shape index (κ2) is 11.4. The molecule has 2 N–H and O–H groups in total. The van der Waals surface area contributed by atoms with Crippen LogP contribution in [-0.2, 0) is 22.6 Å². The van der Waals surface area contributed by atoms with E-state index in [1.54, 1.807) is 35.1 Å². The van der Waals surface area contributed by atoms with Crippen molar-refractivity contribution < 1.29 is 19.1 Å². The fraction of sp³-hybridized carbons (Fsp3) is 0.296. The summed E-state index contributed by atoms with van der Waals surface area (Å²) in [5, 5.41) is 10.2. The van der Waals surface area contributed by atoms with Crippen molar-refractivity contribution in [2.45, 2.75) is 20.0 Å². The summed E-state index contributed by atoms with van der Waals surface area (Å²) in [6.07, 6.45) is 3.23. The first-order valence-corrected chi connectivity index (χ1v) is 12.3. The van der Waals surface area contributed by atoms with E-state index in [1.165, 1.54) is 19.6 Å². The molecule has 0 aliphatic carbocycles. The van der Waals surface area contributed by atoms with Gasteiger partial charge < -0.3 is 20.1 Å². The van der Waals surface area contributed by atoms with Crippen molar-refractivity contribution in [3.63, 3.8) is 0 Å². The number of amides is 2. The highest BCUT2D eigenvalue weighted by Crippen LogP contribution is 2.24. The molecule has 5 rings (SSSR count). The zero-order valence-electron chi connectivity index (χ0n) is 21.3. The largest absolute Gasteiger partial charge is 0.480 e. The first kappa shape index (κ1) is 25.3. The first-order valence-electron chi connectivity index (χ1n) is 12.3. The molecule has 11 heteroatoms. The van der Waals surface area contributed by atoms with Crippen LogP contribution in [-0.4, -0.2) is 69.7 Å². The van der Waals surface area contributed by atoms with Gasteiger partial charge in [-0.1, -0.05) is 24.3 Å². The van der Waals surface area contributed by atoms with E-state index in [2.05, 4.69) is 36.7 Å². The third kappa shape index (κ3) is 5.79. The Morgan fingerprint density at radius 1 is 1.11 bits per heavy atom. The summed E-state index contributed by atoms with van der Waals surface area (Å²) in [6, 6.07) is 13.4. The van der Waals surface area contributed by atoms with Gasteiger partial charge in [-0.3, -0.25) is 14.5 Å². The molecule has 1 aromatic carbocycles. The van der Waals surface area contributed by atoms with E-state index in [0.717, 1.165) is 38.4 Å². The van der Waals surface area contributed by atoms with Crippen molar-refractivity contribution in [2.24, 2.45) is 0 Å². The van der Waals surface area contributed by atoms with E-state index < -0.39 is 0 Å². The minimum absolute atomic E-state index is 0.215. The lowest BCUT2D eigenvalue weighted by Gasteiger charge is -2.27. The molecule has 1 aliphatic heterocycles. The highest BCUT2D eigenvalue weighted by molar-refractivity contribution is 5.97. The highest BCUT2D eigenvalue weighted by atomic mass is 16.5. The van der Waals surface area contributed by atoms with Crippen molar-refractivity contribution >= 4 is 23.3 Å². The number of carbonyl (C=O) groups is 2. The predicted octanol–water partition coefficient (Wildman–Crippen LogP) is 2.52. The van der Waals surface area contributed by atoms with Crippen LogP contribution in [0.15, 0.2) is 54.9 Å². The molecule has 0 unspecified atom stereocenters. The molecule has 0 spiro atoms. The van der Waals surface area contributed by atoms with Crippen LogP contribution in [0.3, 0.4) is 0 Å². The maximum atomic E-state index is 13.3. The third-order valence-electron chi connectivity index (χ3n) is 6.26. The summed E-state index contributed by atoms with van der Waals surface area (Å²) in [5.41, 5.74) is 4.34. The van der Waals surface area contributed by atoms with Crippen molar-refractivity contribution in [1.82, 2.24) is 29.8 Å². The van der Waals surface area contributed by atoms with Gasteiger partial charge in [0, 0.05) is 44.9 Å². The number of ether oxygens (including phenoxy) is 2. The van der Waals surface area contributed by atoms with Crippen LogP contribution in [0.4, 0.5) is 5.82 Å². The smallest absolute Gasteiger partial charge is 0.257 e. The van der Waals surface area contributed by atoms with E-state index >= 15 is 0 Å². The number of aromatic nitrogens is 4. The summed E-state index contributed by atoms with van der Waals surface area (Å²) in [7, 11) is 1.48. The molecule has 2 amide bonds. The number of fused-ring (bicyclic) bond motifs is 1. The Labute approximate surface area is 219 Å². The number of pyridine rings is 1. The standard InChI is InChI=1S/C27H29N7O4/c1-18(35)30-24-17-34-25(31-24)8-7-23(32-34)21-13-22(27(37-2)29-15-21)26(36)28-14-19-5-3-4-6-20(19)16-33-9-11-38-12-10-33/h3-8,13,15,17H,9-12,14,16H2,1-2H3,(H,28,36)(H,30,35). The number of rotatable bonds is 8. The quantitative estimate of drug-likeness (QED) is 0.367. The number of imidazole rings is 1. The molecule has 1 aliphatic rings. The van der Waals surface area contributed by atoms with E-state index in [0.29, 0.717) is 34.8 Å². The van der Waals surface area contributed by atoms with Crippen molar-refractivity contribution in [3.05, 3.63) is 71.5 Å². The molecule has 1 saturated heterocycles. The Morgan fingerprint density at radius 2 is 1.89 bits per heavy atom. The zero-order chi connectivity index (χ0) is 26.5. The number of nitrogens with one attached hydrogen (secondary N) is 2. The Balaban J connectivity index is 1.34. The number of anilines is 1. The van der Waals surface area contributed by atoms with E-state index in [-0.39, 0.29) is 17.7 Å². The average molecular weight is 516 g/mol. The summed E-state index contributed by atoms with van der Waals surface area (Å²) >= 11 is 0. The lowest BCUT2D eigenvalue weighted by Crippen LogP contribution is -2.36. The minimum atomic E-state index is -0.297. The number of hydrogen-bond acceptors (Lipinski definition) is 8. The van der Waals surface area contributed by atoms with Crippen LogP contribution in [0.2, 0.25) is 0 Å². The van der Waals surface area contributed by atoms with Crippen molar-refractivity contribution in [3.8, 4) is 17.1 Å². The fourth-order valence-electron chi connectivity index (χ4n) is 4.35. The molecule has 1 fully saturated rings. The third-order valence-corrected chi connectivity index (χ3v) is 6.26. The van der Waals surface area contributed by atoms with Crippen LogP contribution in [0.25, 0.3) is 16.9 Å². The van der Waals surface area contributed by atoms with E-state index in [9.17, 15) is 9.59 Å². The lowest BCUT2D eigenvalue weighted by atomic mass is 10.1. The molecule has 0 saturated carbocycles.